The first-order valence-electron chi connectivity index (χ1n) is 4.58. The van der Waals surface area contributed by atoms with Gasteiger partial charge in [-0.25, -0.2) is 0 Å². The Labute approximate surface area is 103 Å². The first kappa shape index (κ1) is 11.1. The monoisotopic (exact) mass is 251 g/mol. The average Bonchev–Trinajstić information content (AvgIpc) is 2.28. The van der Waals surface area contributed by atoms with Crippen molar-refractivity contribution in [2.75, 3.05) is 0 Å². The molecular formula is C12H7Cl2NO. The van der Waals surface area contributed by atoms with Crippen LogP contribution in [0.4, 0.5) is 0 Å². The van der Waals surface area contributed by atoms with Crippen LogP contribution in [0.15, 0.2) is 42.6 Å². The number of rotatable bonds is 2. The van der Waals surface area contributed by atoms with Crippen molar-refractivity contribution in [2.24, 2.45) is 0 Å². The van der Waals surface area contributed by atoms with Crippen LogP contribution in [-0.4, -0.2) is 10.8 Å². The van der Waals surface area contributed by atoms with E-state index in [1.165, 1.54) is 0 Å². The molecule has 0 spiro atoms. The minimum atomic E-state index is -0.190. The van der Waals surface area contributed by atoms with Gasteiger partial charge < -0.3 is 0 Å². The van der Waals surface area contributed by atoms with Crippen LogP contribution in [-0.2, 0) is 0 Å². The van der Waals surface area contributed by atoms with Crippen molar-refractivity contribution in [1.82, 2.24) is 4.98 Å². The Balaban J connectivity index is 2.42. The standard InChI is InChI=1S/C12H7Cl2NO/c13-9-5-8(6-10(14)7-9)12(16)11-3-1-2-4-15-11/h1-7H. The molecule has 2 nitrogen and oxygen atoms in total. The second-order valence-corrected chi connectivity index (χ2v) is 4.08. The Kier molecular flexibility index (Phi) is 3.22. The number of nitrogens with zero attached hydrogens (tertiary/aromatic N) is 1. The van der Waals surface area contributed by atoms with Gasteiger partial charge in [0.25, 0.3) is 0 Å². The van der Waals surface area contributed by atoms with E-state index < -0.39 is 0 Å². The van der Waals surface area contributed by atoms with E-state index in [2.05, 4.69) is 4.98 Å². The van der Waals surface area contributed by atoms with E-state index in [0.29, 0.717) is 21.3 Å². The Hall–Kier alpha value is -1.38. The molecule has 2 aromatic rings. The molecule has 0 amide bonds. The highest BCUT2D eigenvalue weighted by molar-refractivity contribution is 6.35. The number of ketones is 1. The molecule has 0 saturated carbocycles. The quantitative estimate of drug-likeness (QED) is 0.764. The van der Waals surface area contributed by atoms with Crippen LogP contribution >= 0.6 is 23.2 Å². The summed E-state index contributed by atoms with van der Waals surface area (Å²) in [6.45, 7) is 0. The Bertz CT molecular complexity index is 506. The lowest BCUT2D eigenvalue weighted by Gasteiger charge is -2.01. The van der Waals surface area contributed by atoms with Crippen molar-refractivity contribution in [3.05, 3.63) is 63.9 Å². The summed E-state index contributed by atoms with van der Waals surface area (Å²) >= 11 is 11.6. The van der Waals surface area contributed by atoms with E-state index in [4.69, 9.17) is 23.2 Å². The normalized spacial score (nSPS) is 10.1. The Morgan fingerprint density at radius 1 is 1.06 bits per heavy atom. The number of carbonyl (C=O) groups is 1. The topological polar surface area (TPSA) is 30.0 Å². The summed E-state index contributed by atoms with van der Waals surface area (Å²) in [6.07, 6.45) is 1.57. The third kappa shape index (κ3) is 2.40. The van der Waals surface area contributed by atoms with Crippen LogP contribution < -0.4 is 0 Å². The molecule has 0 fully saturated rings. The number of carbonyl (C=O) groups excluding carboxylic acids is 1. The van der Waals surface area contributed by atoms with Crippen molar-refractivity contribution >= 4 is 29.0 Å². The fourth-order valence-corrected chi connectivity index (χ4v) is 1.86. The molecule has 16 heavy (non-hydrogen) atoms. The van der Waals surface area contributed by atoms with Crippen molar-refractivity contribution in [3.63, 3.8) is 0 Å². The molecule has 1 aromatic heterocycles. The zero-order valence-corrected chi connectivity index (χ0v) is 9.66. The van der Waals surface area contributed by atoms with Crippen LogP contribution in [0.25, 0.3) is 0 Å². The zero-order chi connectivity index (χ0) is 11.5. The number of aromatic nitrogens is 1. The molecule has 0 unspecified atom stereocenters. The summed E-state index contributed by atoms with van der Waals surface area (Å²) in [5.74, 6) is -0.190. The molecule has 4 heteroatoms. The minimum absolute atomic E-state index is 0.190. The van der Waals surface area contributed by atoms with Gasteiger partial charge in [-0.05, 0) is 30.3 Å². The lowest BCUT2D eigenvalue weighted by molar-refractivity contribution is 0.103. The summed E-state index contributed by atoms with van der Waals surface area (Å²) in [5.41, 5.74) is 0.817. The van der Waals surface area contributed by atoms with E-state index >= 15 is 0 Å². The van der Waals surface area contributed by atoms with Crippen molar-refractivity contribution < 1.29 is 4.79 Å². The molecule has 80 valence electrons. The van der Waals surface area contributed by atoms with Crippen molar-refractivity contribution in [1.29, 1.82) is 0 Å². The Morgan fingerprint density at radius 3 is 2.31 bits per heavy atom. The van der Waals surface area contributed by atoms with Gasteiger partial charge in [0.2, 0.25) is 5.78 Å². The van der Waals surface area contributed by atoms with Gasteiger partial charge in [-0.2, -0.15) is 0 Å². The van der Waals surface area contributed by atoms with E-state index in [1.54, 1.807) is 42.6 Å². The largest absolute Gasteiger partial charge is 0.287 e. The number of hydrogen-bond acceptors (Lipinski definition) is 2. The molecule has 0 radical (unpaired) electrons. The highest BCUT2D eigenvalue weighted by atomic mass is 35.5. The number of pyridine rings is 1. The van der Waals surface area contributed by atoms with Gasteiger partial charge in [0, 0.05) is 21.8 Å². The lowest BCUT2D eigenvalue weighted by Crippen LogP contribution is -2.03. The van der Waals surface area contributed by atoms with E-state index in [0.717, 1.165) is 0 Å². The summed E-state index contributed by atoms with van der Waals surface area (Å²) in [7, 11) is 0. The molecular weight excluding hydrogens is 245 g/mol. The molecule has 0 saturated heterocycles. The van der Waals surface area contributed by atoms with Crippen LogP contribution in [0.3, 0.4) is 0 Å². The summed E-state index contributed by atoms with van der Waals surface area (Å²) in [5, 5.41) is 0.874. The van der Waals surface area contributed by atoms with Crippen molar-refractivity contribution in [2.45, 2.75) is 0 Å². The van der Waals surface area contributed by atoms with Gasteiger partial charge in [-0.3, -0.25) is 9.78 Å². The lowest BCUT2D eigenvalue weighted by atomic mass is 10.1. The van der Waals surface area contributed by atoms with Gasteiger partial charge in [-0.15, -0.1) is 0 Å². The second-order valence-electron chi connectivity index (χ2n) is 3.20. The number of benzene rings is 1. The highest BCUT2D eigenvalue weighted by Crippen LogP contribution is 2.20. The van der Waals surface area contributed by atoms with Crippen molar-refractivity contribution in [3.8, 4) is 0 Å². The van der Waals surface area contributed by atoms with Gasteiger partial charge in [-0.1, -0.05) is 29.3 Å². The molecule has 0 N–H and O–H groups in total. The summed E-state index contributed by atoms with van der Waals surface area (Å²) < 4.78 is 0. The van der Waals surface area contributed by atoms with Crippen LogP contribution in [0, 0.1) is 0 Å². The molecule has 0 bridgehead atoms. The third-order valence-corrected chi connectivity index (χ3v) is 2.46. The van der Waals surface area contributed by atoms with E-state index in [9.17, 15) is 4.79 Å². The van der Waals surface area contributed by atoms with Gasteiger partial charge >= 0.3 is 0 Å². The summed E-state index contributed by atoms with van der Waals surface area (Å²) in [6, 6.07) is 9.89. The van der Waals surface area contributed by atoms with Gasteiger partial charge in [0.1, 0.15) is 5.69 Å². The zero-order valence-electron chi connectivity index (χ0n) is 8.15. The predicted octanol–water partition coefficient (Wildman–Crippen LogP) is 3.62. The van der Waals surface area contributed by atoms with Crippen LogP contribution in [0.2, 0.25) is 10.0 Å². The molecule has 0 aliphatic carbocycles. The first-order chi connectivity index (χ1) is 7.66. The Morgan fingerprint density at radius 2 is 1.75 bits per heavy atom. The molecule has 2 rings (SSSR count). The fraction of sp³-hybridized carbons (Fsp3) is 0. The smallest absolute Gasteiger partial charge is 0.211 e. The maximum atomic E-state index is 12.0. The number of halogens is 2. The summed E-state index contributed by atoms with van der Waals surface area (Å²) in [4.78, 5) is 15.9. The highest BCUT2D eigenvalue weighted by Gasteiger charge is 2.11. The van der Waals surface area contributed by atoms with Crippen LogP contribution in [0.1, 0.15) is 16.1 Å². The maximum absolute atomic E-state index is 12.0. The maximum Gasteiger partial charge on any atom is 0.211 e. The molecule has 0 atom stereocenters. The fourth-order valence-electron chi connectivity index (χ4n) is 1.33. The molecule has 1 aromatic carbocycles. The molecule has 1 heterocycles. The number of hydrogen-bond donors (Lipinski definition) is 0. The average molecular weight is 252 g/mol. The van der Waals surface area contributed by atoms with Gasteiger partial charge in [0.05, 0.1) is 0 Å². The van der Waals surface area contributed by atoms with E-state index in [-0.39, 0.29) is 5.78 Å². The SMILES string of the molecule is O=C(c1cc(Cl)cc(Cl)c1)c1ccccn1. The first-order valence-corrected chi connectivity index (χ1v) is 5.34. The molecule has 0 aliphatic rings. The third-order valence-electron chi connectivity index (χ3n) is 2.02. The minimum Gasteiger partial charge on any atom is -0.287 e. The second kappa shape index (κ2) is 4.64. The van der Waals surface area contributed by atoms with Crippen LogP contribution in [0.5, 0.6) is 0 Å². The van der Waals surface area contributed by atoms with E-state index in [1.807, 2.05) is 0 Å². The van der Waals surface area contributed by atoms with Gasteiger partial charge in [0.15, 0.2) is 0 Å². The molecule has 0 aliphatic heterocycles. The predicted molar refractivity (Wildman–Crippen MR) is 64.1 cm³/mol.